The molecule has 4 heteroatoms. The summed E-state index contributed by atoms with van der Waals surface area (Å²) in [4.78, 5) is 15.8. The zero-order valence-corrected chi connectivity index (χ0v) is 11.0. The number of carbonyl (C=O) groups excluding carboxylic acids is 1. The summed E-state index contributed by atoms with van der Waals surface area (Å²) in [6, 6.07) is 12.7. The van der Waals surface area contributed by atoms with E-state index in [1.165, 1.54) is 6.08 Å². The molecule has 0 spiro atoms. The van der Waals surface area contributed by atoms with Crippen LogP contribution in [-0.2, 0) is 4.79 Å². The number of nitrogens with one attached hydrogen (secondary N) is 1. The molecule has 0 saturated heterocycles. The molecule has 0 aliphatic rings. The van der Waals surface area contributed by atoms with E-state index in [2.05, 4.69) is 16.4 Å². The minimum absolute atomic E-state index is 0.260. The van der Waals surface area contributed by atoms with Crippen molar-refractivity contribution in [2.45, 2.75) is 6.92 Å². The van der Waals surface area contributed by atoms with Gasteiger partial charge in [-0.05, 0) is 42.3 Å². The fourth-order valence-corrected chi connectivity index (χ4v) is 1.59. The standard InChI is InChI=1S/C16H13N3O/c1-12-5-7-15(18-11-12)19-16(20)8-6-13-3-2-4-14(9-13)10-17/h2-9,11H,1H3,(H,18,19,20). The largest absolute Gasteiger partial charge is 0.307 e. The molecule has 1 N–H and O–H groups in total. The average Bonchev–Trinajstić information content (AvgIpc) is 2.48. The fourth-order valence-electron chi connectivity index (χ4n) is 1.59. The number of anilines is 1. The maximum Gasteiger partial charge on any atom is 0.249 e. The number of aryl methyl sites for hydroxylation is 1. The van der Waals surface area contributed by atoms with Crippen molar-refractivity contribution in [2.24, 2.45) is 0 Å². The lowest BCUT2D eigenvalue weighted by molar-refractivity contribution is -0.111. The lowest BCUT2D eigenvalue weighted by atomic mass is 10.1. The van der Waals surface area contributed by atoms with Gasteiger partial charge in [0.2, 0.25) is 5.91 Å². The Kier molecular flexibility index (Phi) is 4.25. The van der Waals surface area contributed by atoms with Crippen LogP contribution in [0, 0.1) is 18.3 Å². The lowest BCUT2D eigenvalue weighted by Crippen LogP contribution is -2.08. The minimum Gasteiger partial charge on any atom is -0.307 e. The highest BCUT2D eigenvalue weighted by Gasteiger charge is 1.98. The molecule has 0 saturated carbocycles. The number of hydrogen-bond acceptors (Lipinski definition) is 3. The zero-order valence-electron chi connectivity index (χ0n) is 11.0. The van der Waals surface area contributed by atoms with Crippen LogP contribution in [0.2, 0.25) is 0 Å². The molecule has 2 aromatic rings. The highest BCUT2D eigenvalue weighted by molar-refractivity contribution is 6.01. The molecule has 0 fully saturated rings. The van der Waals surface area contributed by atoms with Gasteiger partial charge in [0.1, 0.15) is 5.82 Å². The van der Waals surface area contributed by atoms with Gasteiger partial charge >= 0.3 is 0 Å². The van der Waals surface area contributed by atoms with Crippen molar-refractivity contribution >= 4 is 17.8 Å². The Morgan fingerprint density at radius 1 is 1.35 bits per heavy atom. The minimum atomic E-state index is -0.260. The summed E-state index contributed by atoms with van der Waals surface area (Å²) in [7, 11) is 0. The van der Waals surface area contributed by atoms with Gasteiger partial charge in [-0.15, -0.1) is 0 Å². The summed E-state index contributed by atoms with van der Waals surface area (Å²) in [5.41, 5.74) is 2.40. The van der Waals surface area contributed by atoms with E-state index in [0.717, 1.165) is 11.1 Å². The Hall–Kier alpha value is -2.93. The first-order valence-electron chi connectivity index (χ1n) is 6.09. The molecule has 0 aliphatic heterocycles. The van der Waals surface area contributed by atoms with Crippen molar-refractivity contribution in [3.63, 3.8) is 0 Å². The molecule has 0 bridgehead atoms. The maximum atomic E-state index is 11.7. The van der Waals surface area contributed by atoms with Crippen LogP contribution in [0.5, 0.6) is 0 Å². The number of rotatable bonds is 3. The molecule has 2 rings (SSSR count). The molecule has 0 radical (unpaired) electrons. The van der Waals surface area contributed by atoms with Gasteiger partial charge in [0.05, 0.1) is 11.6 Å². The van der Waals surface area contributed by atoms with Gasteiger partial charge in [-0.2, -0.15) is 5.26 Å². The summed E-state index contributed by atoms with van der Waals surface area (Å²) in [5.74, 6) is 0.250. The van der Waals surface area contributed by atoms with Crippen LogP contribution in [0.1, 0.15) is 16.7 Å². The Labute approximate surface area is 117 Å². The number of nitrogens with zero attached hydrogens (tertiary/aromatic N) is 2. The van der Waals surface area contributed by atoms with Crippen LogP contribution in [-0.4, -0.2) is 10.9 Å². The van der Waals surface area contributed by atoms with Gasteiger partial charge in [0, 0.05) is 12.3 Å². The number of nitriles is 1. The molecular weight excluding hydrogens is 250 g/mol. The van der Waals surface area contributed by atoms with Gasteiger partial charge in [-0.3, -0.25) is 4.79 Å². The van der Waals surface area contributed by atoms with Crippen LogP contribution < -0.4 is 5.32 Å². The SMILES string of the molecule is Cc1ccc(NC(=O)C=Cc2cccc(C#N)c2)nc1. The second-order valence-corrected chi connectivity index (χ2v) is 4.28. The van der Waals surface area contributed by atoms with E-state index in [9.17, 15) is 4.79 Å². The first-order valence-corrected chi connectivity index (χ1v) is 6.09. The second kappa shape index (κ2) is 6.30. The van der Waals surface area contributed by atoms with E-state index >= 15 is 0 Å². The lowest BCUT2D eigenvalue weighted by Gasteiger charge is -2.01. The van der Waals surface area contributed by atoms with Crippen molar-refractivity contribution in [3.05, 3.63) is 65.4 Å². The Bertz CT molecular complexity index is 682. The van der Waals surface area contributed by atoms with Gasteiger partial charge in [0.25, 0.3) is 0 Å². The Balaban J connectivity index is 2.02. The molecule has 4 nitrogen and oxygen atoms in total. The smallest absolute Gasteiger partial charge is 0.249 e. The number of aromatic nitrogens is 1. The number of benzene rings is 1. The number of carbonyl (C=O) groups is 1. The van der Waals surface area contributed by atoms with E-state index in [1.54, 1.807) is 36.5 Å². The topological polar surface area (TPSA) is 65.8 Å². The first kappa shape index (κ1) is 13.5. The van der Waals surface area contributed by atoms with Crippen molar-refractivity contribution in [1.29, 1.82) is 5.26 Å². The summed E-state index contributed by atoms with van der Waals surface area (Å²) in [6.45, 7) is 1.93. The van der Waals surface area contributed by atoms with Crippen molar-refractivity contribution in [2.75, 3.05) is 5.32 Å². The fraction of sp³-hybridized carbons (Fsp3) is 0.0625. The quantitative estimate of drug-likeness (QED) is 0.866. The van der Waals surface area contributed by atoms with Crippen molar-refractivity contribution < 1.29 is 4.79 Å². The third-order valence-electron chi connectivity index (χ3n) is 2.61. The summed E-state index contributed by atoms with van der Waals surface area (Å²) in [6.07, 6.45) is 4.76. The van der Waals surface area contributed by atoms with Crippen LogP contribution in [0.3, 0.4) is 0 Å². The van der Waals surface area contributed by atoms with E-state index < -0.39 is 0 Å². The highest BCUT2D eigenvalue weighted by Crippen LogP contribution is 2.07. The molecular formula is C16H13N3O. The average molecular weight is 263 g/mol. The normalized spacial score (nSPS) is 10.2. The Morgan fingerprint density at radius 2 is 2.20 bits per heavy atom. The molecule has 1 aromatic heterocycles. The predicted octanol–water partition coefficient (Wildman–Crippen LogP) is 2.91. The van der Waals surface area contributed by atoms with E-state index in [0.29, 0.717) is 11.4 Å². The van der Waals surface area contributed by atoms with Crippen LogP contribution in [0.15, 0.2) is 48.7 Å². The molecule has 1 aromatic carbocycles. The number of pyridine rings is 1. The van der Waals surface area contributed by atoms with Crippen LogP contribution in [0.25, 0.3) is 6.08 Å². The molecule has 1 heterocycles. The van der Waals surface area contributed by atoms with Crippen molar-refractivity contribution in [1.82, 2.24) is 4.98 Å². The van der Waals surface area contributed by atoms with Crippen molar-refractivity contribution in [3.8, 4) is 6.07 Å². The number of hydrogen-bond donors (Lipinski definition) is 1. The van der Waals surface area contributed by atoms with Crippen LogP contribution >= 0.6 is 0 Å². The molecule has 98 valence electrons. The third-order valence-corrected chi connectivity index (χ3v) is 2.61. The van der Waals surface area contributed by atoms with Gasteiger partial charge in [-0.1, -0.05) is 18.2 Å². The van der Waals surface area contributed by atoms with E-state index in [-0.39, 0.29) is 5.91 Å². The van der Waals surface area contributed by atoms with E-state index in [1.807, 2.05) is 19.1 Å². The first-order chi connectivity index (χ1) is 9.67. The highest BCUT2D eigenvalue weighted by atomic mass is 16.1. The molecule has 1 amide bonds. The zero-order chi connectivity index (χ0) is 14.4. The molecule has 0 unspecified atom stereocenters. The monoisotopic (exact) mass is 263 g/mol. The van der Waals surface area contributed by atoms with Gasteiger partial charge < -0.3 is 5.32 Å². The maximum absolute atomic E-state index is 11.7. The molecule has 20 heavy (non-hydrogen) atoms. The van der Waals surface area contributed by atoms with E-state index in [4.69, 9.17) is 5.26 Å². The second-order valence-electron chi connectivity index (χ2n) is 4.28. The molecule has 0 atom stereocenters. The number of amides is 1. The summed E-state index contributed by atoms with van der Waals surface area (Å²) >= 11 is 0. The van der Waals surface area contributed by atoms with Gasteiger partial charge in [-0.25, -0.2) is 4.98 Å². The third kappa shape index (κ3) is 3.79. The predicted molar refractivity (Wildman–Crippen MR) is 77.8 cm³/mol. The Morgan fingerprint density at radius 3 is 2.90 bits per heavy atom. The summed E-state index contributed by atoms with van der Waals surface area (Å²) < 4.78 is 0. The van der Waals surface area contributed by atoms with Gasteiger partial charge in [0.15, 0.2) is 0 Å². The molecule has 0 aliphatic carbocycles. The summed E-state index contributed by atoms with van der Waals surface area (Å²) in [5, 5.41) is 11.5. The van der Waals surface area contributed by atoms with Crippen LogP contribution in [0.4, 0.5) is 5.82 Å².